The third kappa shape index (κ3) is 8.49. The van der Waals surface area contributed by atoms with Crippen LogP contribution in [0.3, 0.4) is 0 Å². The monoisotopic (exact) mass is 232 g/mol. The Bertz CT molecular complexity index is 212. The predicted octanol–water partition coefficient (Wildman–Crippen LogP) is 0.824. The smallest absolute Gasteiger partial charge is 0.407 e. The molecule has 0 aromatic rings. The number of hydrogen-bond donors (Lipinski definition) is 2. The maximum absolute atomic E-state index is 11.4. The minimum Gasteiger partial charge on any atom is -0.444 e. The molecule has 0 aliphatic rings. The fourth-order valence-corrected chi connectivity index (χ4v) is 1.10. The molecule has 0 heterocycles. The molecule has 96 valence electrons. The van der Waals surface area contributed by atoms with Crippen molar-refractivity contribution in [3.63, 3.8) is 0 Å². The van der Waals surface area contributed by atoms with E-state index in [1.54, 1.807) is 20.8 Å². The molecule has 0 bridgehead atoms. The first-order chi connectivity index (χ1) is 7.24. The van der Waals surface area contributed by atoms with Gasteiger partial charge in [-0.1, -0.05) is 0 Å². The van der Waals surface area contributed by atoms with Crippen molar-refractivity contribution in [1.29, 1.82) is 0 Å². The van der Waals surface area contributed by atoms with Gasteiger partial charge in [0.15, 0.2) is 0 Å². The lowest BCUT2D eigenvalue weighted by Crippen LogP contribution is -2.42. The number of alkyl carbamates (subject to hydrolysis) is 1. The molecule has 0 aliphatic heterocycles. The Balaban J connectivity index is 3.97. The van der Waals surface area contributed by atoms with Crippen molar-refractivity contribution in [2.24, 2.45) is 0 Å². The summed E-state index contributed by atoms with van der Waals surface area (Å²) in [5, 5.41) is 11.7. The van der Waals surface area contributed by atoms with E-state index in [0.29, 0.717) is 6.42 Å². The minimum absolute atomic E-state index is 0.0763. The van der Waals surface area contributed by atoms with Crippen LogP contribution < -0.4 is 5.32 Å². The number of aliphatic hydroxyl groups excluding tert-OH is 1. The quantitative estimate of drug-likeness (QED) is 0.737. The topological polar surface area (TPSA) is 61.8 Å². The maximum atomic E-state index is 11.4. The summed E-state index contributed by atoms with van der Waals surface area (Å²) in [6.45, 7) is 6.15. The standard InChI is InChI=1S/C11H24N2O3/c1-11(2,3)16-10(15)12-9(8-14)6-7-13(4)5/h9,14H,6-8H2,1-5H3,(H,12,15). The number of rotatable bonds is 5. The lowest BCUT2D eigenvalue weighted by atomic mass is 10.2. The number of ether oxygens (including phenoxy) is 1. The zero-order chi connectivity index (χ0) is 12.8. The molecule has 0 radical (unpaired) electrons. The van der Waals surface area contributed by atoms with E-state index in [2.05, 4.69) is 5.32 Å². The van der Waals surface area contributed by atoms with E-state index >= 15 is 0 Å². The summed E-state index contributed by atoms with van der Waals surface area (Å²) in [6.07, 6.45) is 0.216. The molecular formula is C11H24N2O3. The molecule has 0 aromatic carbocycles. The maximum Gasteiger partial charge on any atom is 0.407 e. The van der Waals surface area contributed by atoms with Crippen molar-refractivity contribution in [3.8, 4) is 0 Å². The van der Waals surface area contributed by atoms with Crippen LogP contribution in [0, 0.1) is 0 Å². The highest BCUT2D eigenvalue weighted by molar-refractivity contribution is 5.68. The molecule has 2 N–H and O–H groups in total. The number of hydrogen-bond acceptors (Lipinski definition) is 4. The van der Waals surface area contributed by atoms with E-state index in [1.165, 1.54) is 0 Å². The second-order valence-electron chi connectivity index (χ2n) is 5.12. The zero-order valence-corrected chi connectivity index (χ0v) is 10.9. The number of amides is 1. The summed E-state index contributed by atoms with van der Waals surface area (Å²) >= 11 is 0. The summed E-state index contributed by atoms with van der Waals surface area (Å²) in [5.41, 5.74) is -0.508. The van der Waals surface area contributed by atoms with Crippen LogP contribution in [0.5, 0.6) is 0 Å². The number of aliphatic hydroxyl groups is 1. The molecule has 0 aromatic heterocycles. The molecule has 5 heteroatoms. The molecule has 0 saturated carbocycles. The fraction of sp³-hybridized carbons (Fsp3) is 0.909. The first-order valence-corrected chi connectivity index (χ1v) is 5.49. The molecule has 0 aliphatic carbocycles. The lowest BCUT2D eigenvalue weighted by molar-refractivity contribution is 0.0476. The molecule has 1 amide bonds. The van der Waals surface area contributed by atoms with Crippen molar-refractivity contribution in [2.75, 3.05) is 27.2 Å². The molecule has 0 rings (SSSR count). The van der Waals surface area contributed by atoms with Crippen LogP contribution >= 0.6 is 0 Å². The average Bonchev–Trinajstić information content (AvgIpc) is 2.08. The van der Waals surface area contributed by atoms with Gasteiger partial charge in [0.05, 0.1) is 12.6 Å². The van der Waals surface area contributed by atoms with Crippen LogP contribution in [0.1, 0.15) is 27.2 Å². The number of carbonyl (C=O) groups is 1. The highest BCUT2D eigenvalue weighted by Crippen LogP contribution is 2.07. The van der Waals surface area contributed by atoms with Gasteiger partial charge in [0.25, 0.3) is 0 Å². The number of nitrogens with one attached hydrogen (secondary N) is 1. The first-order valence-electron chi connectivity index (χ1n) is 5.49. The summed E-state index contributed by atoms with van der Waals surface area (Å²) < 4.78 is 5.10. The summed E-state index contributed by atoms with van der Waals surface area (Å²) in [7, 11) is 3.89. The third-order valence-corrected chi connectivity index (χ3v) is 1.87. The van der Waals surface area contributed by atoms with Gasteiger partial charge in [0.2, 0.25) is 0 Å². The van der Waals surface area contributed by atoms with Crippen molar-refractivity contribution >= 4 is 6.09 Å². The van der Waals surface area contributed by atoms with E-state index in [0.717, 1.165) is 6.54 Å². The lowest BCUT2D eigenvalue weighted by Gasteiger charge is -2.23. The molecule has 0 spiro atoms. The van der Waals surface area contributed by atoms with Crippen molar-refractivity contribution in [2.45, 2.75) is 38.8 Å². The highest BCUT2D eigenvalue weighted by atomic mass is 16.6. The molecular weight excluding hydrogens is 208 g/mol. The Morgan fingerprint density at radius 3 is 2.38 bits per heavy atom. The Hall–Kier alpha value is -0.810. The van der Waals surface area contributed by atoms with Crippen LogP contribution in [0.2, 0.25) is 0 Å². The van der Waals surface area contributed by atoms with Gasteiger partial charge in [-0.05, 0) is 47.8 Å². The van der Waals surface area contributed by atoms with Crippen LogP contribution in [-0.4, -0.2) is 55.0 Å². The number of carbonyl (C=O) groups excluding carboxylic acids is 1. The van der Waals surface area contributed by atoms with Crippen LogP contribution in [0.25, 0.3) is 0 Å². The Morgan fingerprint density at radius 1 is 1.44 bits per heavy atom. The minimum atomic E-state index is -0.508. The summed E-state index contributed by atoms with van der Waals surface area (Å²) in [5.74, 6) is 0. The van der Waals surface area contributed by atoms with Gasteiger partial charge in [-0.25, -0.2) is 4.79 Å². The van der Waals surface area contributed by atoms with Crippen molar-refractivity contribution in [1.82, 2.24) is 10.2 Å². The normalized spacial score (nSPS) is 13.7. The van der Waals surface area contributed by atoms with Gasteiger partial charge in [-0.15, -0.1) is 0 Å². The van der Waals surface area contributed by atoms with E-state index in [-0.39, 0.29) is 12.6 Å². The zero-order valence-electron chi connectivity index (χ0n) is 10.9. The van der Waals surface area contributed by atoms with Crippen LogP contribution in [-0.2, 0) is 4.74 Å². The molecule has 0 fully saturated rings. The number of nitrogens with zero attached hydrogens (tertiary/aromatic N) is 1. The molecule has 1 atom stereocenters. The van der Waals surface area contributed by atoms with E-state index in [9.17, 15) is 4.79 Å². The van der Waals surface area contributed by atoms with Gasteiger partial charge in [0, 0.05) is 0 Å². The third-order valence-electron chi connectivity index (χ3n) is 1.87. The van der Waals surface area contributed by atoms with Gasteiger partial charge in [-0.2, -0.15) is 0 Å². The SMILES string of the molecule is CN(C)CCC(CO)NC(=O)OC(C)(C)C. The van der Waals surface area contributed by atoms with Crippen molar-refractivity contribution in [3.05, 3.63) is 0 Å². The van der Waals surface area contributed by atoms with Gasteiger partial charge < -0.3 is 20.1 Å². The highest BCUT2D eigenvalue weighted by Gasteiger charge is 2.18. The predicted molar refractivity (Wildman–Crippen MR) is 63.4 cm³/mol. The van der Waals surface area contributed by atoms with Crippen molar-refractivity contribution < 1.29 is 14.6 Å². The van der Waals surface area contributed by atoms with Gasteiger partial charge in [0.1, 0.15) is 5.60 Å². The Kier molecular flexibility index (Phi) is 6.36. The molecule has 1 unspecified atom stereocenters. The largest absolute Gasteiger partial charge is 0.444 e. The second-order valence-corrected chi connectivity index (χ2v) is 5.12. The summed E-state index contributed by atoms with van der Waals surface area (Å²) in [6, 6.07) is -0.253. The molecule has 5 nitrogen and oxygen atoms in total. The van der Waals surface area contributed by atoms with E-state index in [1.807, 2.05) is 19.0 Å². The Labute approximate surface area is 97.8 Å². The van der Waals surface area contributed by atoms with Gasteiger partial charge >= 0.3 is 6.09 Å². The fourth-order valence-electron chi connectivity index (χ4n) is 1.10. The molecule has 0 saturated heterocycles. The van der Waals surface area contributed by atoms with Crippen LogP contribution in [0.15, 0.2) is 0 Å². The second kappa shape index (κ2) is 6.70. The van der Waals surface area contributed by atoms with E-state index < -0.39 is 11.7 Å². The first kappa shape index (κ1) is 15.2. The van der Waals surface area contributed by atoms with Crippen LogP contribution in [0.4, 0.5) is 4.79 Å². The summed E-state index contributed by atoms with van der Waals surface area (Å²) in [4.78, 5) is 13.4. The average molecular weight is 232 g/mol. The molecule has 16 heavy (non-hydrogen) atoms. The Morgan fingerprint density at radius 2 is 2.00 bits per heavy atom. The van der Waals surface area contributed by atoms with E-state index in [4.69, 9.17) is 9.84 Å². The van der Waals surface area contributed by atoms with Gasteiger partial charge in [-0.3, -0.25) is 0 Å².